The van der Waals surface area contributed by atoms with Gasteiger partial charge >= 0.3 is 11.7 Å². The molecule has 0 unspecified atom stereocenters. The minimum Gasteiger partial charge on any atom is -0.462 e. The van der Waals surface area contributed by atoms with Crippen molar-refractivity contribution in [2.45, 2.75) is 33.7 Å². The number of carbonyl (C=O) groups is 2. The Morgan fingerprint density at radius 2 is 2.07 bits per heavy atom. The minimum absolute atomic E-state index is 0.249. The molecule has 0 spiro atoms. The molecule has 3 aromatic heterocycles. The van der Waals surface area contributed by atoms with Crippen LogP contribution in [0.1, 0.15) is 34.6 Å². The summed E-state index contributed by atoms with van der Waals surface area (Å²) in [5, 5.41) is 7.31. The highest BCUT2D eigenvalue weighted by Crippen LogP contribution is 2.34. The first-order chi connectivity index (χ1) is 13.0. The van der Waals surface area contributed by atoms with Gasteiger partial charge in [-0.05, 0) is 38.0 Å². The number of aryl methyl sites for hydroxylation is 1. The number of nitrogens with zero attached hydrogens (tertiary/aromatic N) is 3. The van der Waals surface area contributed by atoms with Crippen LogP contribution in [-0.4, -0.2) is 32.7 Å². The van der Waals surface area contributed by atoms with Gasteiger partial charge in [-0.25, -0.2) is 14.3 Å². The van der Waals surface area contributed by atoms with Crippen molar-refractivity contribution in [3.63, 3.8) is 0 Å². The molecule has 3 rings (SSSR count). The maximum absolute atomic E-state index is 12.5. The van der Waals surface area contributed by atoms with Crippen molar-refractivity contribution in [1.29, 1.82) is 0 Å². The molecule has 142 valence electrons. The topological polar surface area (TPSA) is 94.7 Å². The van der Waals surface area contributed by atoms with Crippen LogP contribution in [0.2, 0.25) is 0 Å². The summed E-state index contributed by atoms with van der Waals surface area (Å²) in [5.74, 6) is -0.895. The highest BCUT2D eigenvalue weighted by Gasteiger charge is 2.23. The van der Waals surface area contributed by atoms with Crippen LogP contribution in [0.25, 0.3) is 5.65 Å². The van der Waals surface area contributed by atoms with Crippen LogP contribution in [0.4, 0.5) is 5.00 Å². The molecule has 0 bridgehead atoms. The number of hydrogen-bond donors (Lipinski definition) is 1. The molecule has 1 amide bonds. The van der Waals surface area contributed by atoms with Gasteiger partial charge in [0.2, 0.25) is 5.91 Å². The normalized spacial score (nSPS) is 10.9. The van der Waals surface area contributed by atoms with Gasteiger partial charge in [0, 0.05) is 11.1 Å². The molecule has 9 heteroatoms. The smallest absolute Gasteiger partial charge is 0.350 e. The zero-order valence-corrected chi connectivity index (χ0v) is 16.1. The van der Waals surface area contributed by atoms with E-state index in [4.69, 9.17) is 4.74 Å². The van der Waals surface area contributed by atoms with E-state index in [-0.39, 0.29) is 13.2 Å². The third kappa shape index (κ3) is 3.63. The van der Waals surface area contributed by atoms with E-state index in [1.54, 1.807) is 31.3 Å². The average molecular weight is 388 g/mol. The van der Waals surface area contributed by atoms with Crippen LogP contribution in [-0.2, 0) is 22.5 Å². The number of carbonyl (C=O) groups excluding carboxylic acids is 2. The molecule has 0 saturated heterocycles. The van der Waals surface area contributed by atoms with Crippen molar-refractivity contribution < 1.29 is 14.3 Å². The summed E-state index contributed by atoms with van der Waals surface area (Å²) >= 11 is 1.32. The second kappa shape index (κ2) is 7.75. The SMILES string of the molecule is CCOC(=O)c1c(NC(=O)Cn2nc3ccccn3c2=O)sc(C)c1CC. The van der Waals surface area contributed by atoms with Crippen LogP contribution in [0.15, 0.2) is 29.2 Å². The fraction of sp³-hybridized carbons (Fsp3) is 0.333. The molecule has 0 fully saturated rings. The summed E-state index contributed by atoms with van der Waals surface area (Å²) in [6, 6.07) is 5.16. The Labute approximate surface area is 159 Å². The predicted molar refractivity (Wildman–Crippen MR) is 102 cm³/mol. The van der Waals surface area contributed by atoms with E-state index < -0.39 is 17.6 Å². The van der Waals surface area contributed by atoms with Gasteiger partial charge in [0.1, 0.15) is 11.5 Å². The molecule has 3 aromatic rings. The summed E-state index contributed by atoms with van der Waals surface area (Å²) in [7, 11) is 0. The lowest BCUT2D eigenvalue weighted by Gasteiger charge is -2.07. The standard InChI is InChI=1S/C18H20N4O4S/c1-4-12-11(3)27-16(15(12)17(24)26-5-2)19-14(23)10-22-18(25)21-9-7-6-8-13(21)20-22/h6-9H,4-5,10H2,1-3H3,(H,19,23). The van der Waals surface area contributed by atoms with Crippen LogP contribution >= 0.6 is 11.3 Å². The Balaban J connectivity index is 1.86. The fourth-order valence-electron chi connectivity index (χ4n) is 2.88. The van der Waals surface area contributed by atoms with Crippen LogP contribution in [0.5, 0.6) is 0 Å². The van der Waals surface area contributed by atoms with E-state index >= 15 is 0 Å². The molecule has 0 aromatic carbocycles. The van der Waals surface area contributed by atoms with Crippen LogP contribution in [0, 0.1) is 6.92 Å². The van der Waals surface area contributed by atoms with Crippen molar-refractivity contribution >= 4 is 33.9 Å². The van der Waals surface area contributed by atoms with Gasteiger partial charge in [-0.2, -0.15) is 0 Å². The summed E-state index contributed by atoms with van der Waals surface area (Å²) < 4.78 is 7.58. The van der Waals surface area contributed by atoms with Crippen molar-refractivity contribution in [2.24, 2.45) is 0 Å². The monoisotopic (exact) mass is 388 g/mol. The zero-order valence-electron chi connectivity index (χ0n) is 15.3. The maximum atomic E-state index is 12.5. The quantitative estimate of drug-likeness (QED) is 0.654. The van der Waals surface area contributed by atoms with Gasteiger partial charge in [-0.15, -0.1) is 16.4 Å². The number of esters is 1. The second-order valence-electron chi connectivity index (χ2n) is 5.83. The molecule has 3 heterocycles. The Morgan fingerprint density at radius 1 is 1.30 bits per heavy atom. The number of amides is 1. The number of thiophene rings is 1. The molecular weight excluding hydrogens is 368 g/mol. The number of pyridine rings is 1. The Kier molecular flexibility index (Phi) is 5.41. The molecule has 1 N–H and O–H groups in total. The van der Waals surface area contributed by atoms with Crippen molar-refractivity contribution in [1.82, 2.24) is 14.2 Å². The van der Waals surface area contributed by atoms with Gasteiger partial charge in [0.05, 0.1) is 12.2 Å². The van der Waals surface area contributed by atoms with E-state index in [1.807, 2.05) is 13.8 Å². The van der Waals surface area contributed by atoms with E-state index in [9.17, 15) is 14.4 Å². The number of hydrogen-bond acceptors (Lipinski definition) is 6. The Hall–Kier alpha value is -2.94. The minimum atomic E-state index is -0.459. The molecule has 0 saturated carbocycles. The lowest BCUT2D eigenvalue weighted by molar-refractivity contribution is -0.116. The number of anilines is 1. The van der Waals surface area contributed by atoms with E-state index in [1.165, 1.54) is 15.7 Å². The van der Waals surface area contributed by atoms with Crippen molar-refractivity contribution in [2.75, 3.05) is 11.9 Å². The van der Waals surface area contributed by atoms with E-state index in [2.05, 4.69) is 10.4 Å². The maximum Gasteiger partial charge on any atom is 0.350 e. The van der Waals surface area contributed by atoms with Crippen LogP contribution < -0.4 is 11.0 Å². The van der Waals surface area contributed by atoms with Gasteiger partial charge < -0.3 is 10.1 Å². The highest BCUT2D eigenvalue weighted by atomic mass is 32.1. The molecule has 27 heavy (non-hydrogen) atoms. The predicted octanol–water partition coefficient (Wildman–Crippen LogP) is 2.24. The highest BCUT2D eigenvalue weighted by molar-refractivity contribution is 7.16. The number of fused-ring (bicyclic) bond motifs is 1. The first-order valence-corrected chi connectivity index (χ1v) is 9.41. The van der Waals surface area contributed by atoms with E-state index in [0.29, 0.717) is 22.6 Å². The lowest BCUT2D eigenvalue weighted by Crippen LogP contribution is -2.28. The summed E-state index contributed by atoms with van der Waals surface area (Å²) in [6.07, 6.45) is 2.24. The van der Waals surface area contributed by atoms with Gasteiger partial charge in [0.25, 0.3) is 0 Å². The molecule has 0 aliphatic heterocycles. The largest absolute Gasteiger partial charge is 0.462 e. The number of nitrogens with one attached hydrogen (secondary N) is 1. The number of rotatable bonds is 6. The average Bonchev–Trinajstić information content (AvgIpc) is 3.12. The van der Waals surface area contributed by atoms with Crippen molar-refractivity contribution in [3.05, 3.63) is 50.9 Å². The molecule has 0 aliphatic rings. The number of ether oxygens (including phenoxy) is 1. The van der Waals surface area contributed by atoms with Gasteiger partial charge in [-0.1, -0.05) is 13.0 Å². The first-order valence-electron chi connectivity index (χ1n) is 8.59. The Morgan fingerprint density at radius 3 is 2.74 bits per heavy atom. The summed E-state index contributed by atoms with van der Waals surface area (Å²) in [4.78, 5) is 38.1. The number of aromatic nitrogens is 3. The van der Waals surface area contributed by atoms with Crippen LogP contribution in [0.3, 0.4) is 0 Å². The summed E-state index contributed by atoms with van der Waals surface area (Å²) in [6.45, 7) is 5.58. The zero-order chi connectivity index (χ0) is 19.6. The lowest BCUT2D eigenvalue weighted by atomic mass is 10.1. The third-order valence-electron chi connectivity index (χ3n) is 4.08. The van der Waals surface area contributed by atoms with Gasteiger partial charge in [-0.3, -0.25) is 9.20 Å². The fourth-order valence-corrected chi connectivity index (χ4v) is 4.03. The van der Waals surface area contributed by atoms with Crippen molar-refractivity contribution in [3.8, 4) is 0 Å². The molecule has 0 radical (unpaired) electrons. The Bertz CT molecular complexity index is 1060. The first kappa shape index (κ1) is 18.8. The second-order valence-corrected chi connectivity index (χ2v) is 7.06. The van der Waals surface area contributed by atoms with E-state index in [0.717, 1.165) is 15.1 Å². The molecular formula is C18H20N4O4S. The third-order valence-corrected chi connectivity index (χ3v) is 5.14. The molecule has 0 aliphatic carbocycles. The van der Waals surface area contributed by atoms with Gasteiger partial charge in [0.15, 0.2) is 5.65 Å². The molecule has 8 nitrogen and oxygen atoms in total. The molecule has 0 atom stereocenters. The summed E-state index contributed by atoms with van der Waals surface area (Å²) in [5.41, 5.74) is 1.31.